The van der Waals surface area contributed by atoms with Crippen molar-refractivity contribution in [3.05, 3.63) is 24.3 Å². The minimum Gasteiger partial charge on any atom is -0.369 e. The normalized spacial score (nSPS) is 11.2. The Morgan fingerprint density at radius 1 is 0.950 bits per heavy atom. The molecule has 1 heterocycles. The molecule has 110 valence electrons. The van der Waals surface area contributed by atoms with Crippen LogP contribution in [0.1, 0.15) is 58.3 Å². The summed E-state index contributed by atoms with van der Waals surface area (Å²) >= 11 is 0. The van der Waals surface area contributed by atoms with E-state index in [1.807, 2.05) is 18.2 Å². The molecule has 0 unspecified atom stereocenters. The fourth-order valence-electron chi connectivity index (χ4n) is 2.73. The highest BCUT2D eigenvalue weighted by Crippen LogP contribution is 2.18. The lowest BCUT2D eigenvalue weighted by Gasteiger charge is -2.06. The largest absolute Gasteiger partial charge is 0.369 e. The van der Waals surface area contributed by atoms with E-state index in [0.29, 0.717) is 5.95 Å². The van der Waals surface area contributed by atoms with Gasteiger partial charge in [0.1, 0.15) is 0 Å². The van der Waals surface area contributed by atoms with Gasteiger partial charge in [-0.15, -0.1) is 0 Å². The number of nitrogens with zero attached hydrogens (tertiary/aromatic N) is 2. The number of hydrogen-bond acceptors (Lipinski definition) is 2. The number of imidazole rings is 1. The number of hydrogen-bond donors (Lipinski definition) is 1. The van der Waals surface area contributed by atoms with Crippen LogP contribution in [0.2, 0.25) is 0 Å². The zero-order chi connectivity index (χ0) is 14.2. The first-order valence-electron chi connectivity index (χ1n) is 8.03. The van der Waals surface area contributed by atoms with E-state index in [2.05, 4.69) is 22.5 Å². The summed E-state index contributed by atoms with van der Waals surface area (Å²) in [5.74, 6) is 0.647. The molecule has 0 atom stereocenters. The number of benzene rings is 1. The Morgan fingerprint density at radius 2 is 1.60 bits per heavy atom. The molecule has 0 spiro atoms. The average Bonchev–Trinajstić information content (AvgIpc) is 2.78. The van der Waals surface area contributed by atoms with Gasteiger partial charge in [0, 0.05) is 6.54 Å². The molecule has 0 saturated carbocycles. The summed E-state index contributed by atoms with van der Waals surface area (Å²) in [6, 6.07) is 8.18. The van der Waals surface area contributed by atoms with Crippen molar-refractivity contribution in [2.45, 2.75) is 64.8 Å². The molecule has 20 heavy (non-hydrogen) atoms. The maximum Gasteiger partial charge on any atom is 0.201 e. The van der Waals surface area contributed by atoms with Crippen LogP contribution in [0.3, 0.4) is 0 Å². The molecule has 0 aliphatic heterocycles. The molecule has 1 aromatic heterocycles. The summed E-state index contributed by atoms with van der Waals surface area (Å²) in [5.41, 5.74) is 8.17. The summed E-state index contributed by atoms with van der Waals surface area (Å²) in [7, 11) is 0. The number of para-hydroxylation sites is 2. The van der Waals surface area contributed by atoms with E-state index in [9.17, 15) is 0 Å². The molecule has 2 N–H and O–H groups in total. The number of aryl methyl sites for hydroxylation is 1. The van der Waals surface area contributed by atoms with Gasteiger partial charge in [-0.05, 0) is 18.6 Å². The number of fused-ring (bicyclic) bond motifs is 1. The van der Waals surface area contributed by atoms with Crippen LogP contribution in [-0.4, -0.2) is 9.55 Å². The molecule has 0 radical (unpaired) electrons. The molecule has 0 saturated heterocycles. The number of nitrogen functional groups attached to an aromatic ring is 1. The lowest BCUT2D eigenvalue weighted by Crippen LogP contribution is -2.03. The third kappa shape index (κ3) is 3.99. The van der Waals surface area contributed by atoms with E-state index >= 15 is 0 Å². The topological polar surface area (TPSA) is 43.8 Å². The van der Waals surface area contributed by atoms with Gasteiger partial charge >= 0.3 is 0 Å². The molecule has 0 aliphatic rings. The fraction of sp³-hybridized carbons (Fsp3) is 0.588. The smallest absolute Gasteiger partial charge is 0.201 e. The second-order valence-corrected chi connectivity index (χ2v) is 5.59. The van der Waals surface area contributed by atoms with Gasteiger partial charge in [0.15, 0.2) is 0 Å². The summed E-state index contributed by atoms with van der Waals surface area (Å²) in [4.78, 5) is 4.40. The molecular weight excluding hydrogens is 246 g/mol. The highest BCUT2D eigenvalue weighted by atomic mass is 15.1. The highest BCUT2D eigenvalue weighted by molar-refractivity contribution is 5.78. The molecule has 0 aliphatic carbocycles. The Labute approximate surface area is 122 Å². The highest BCUT2D eigenvalue weighted by Gasteiger charge is 2.06. The molecule has 2 aromatic rings. The first-order chi connectivity index (χ1) is 9.83. The van der Waals surface area contributed by atoms with E-state index in [-0.39, 0.29) is 0 Å². The lowest BCUT2D eigenvalue weighted by atomic mass is 10.1. The van der Waals surface area contributed by atoms with Gasteiger partial charge in [0.05, 0.1) is 11.0 Å². The van der Waals surface area contributed by atoms with Crippen molar-refractivity contribution in [2.75, 3.05) is 5.73 Å². The van der Waals surface area contributed by atoms with Crippen molar-refractivity contribution < 1.29 is 0 Å². The van der Waals surface area contributed by atoms with Crippen molar-refractivity contribution in [1.82, 2.24) is 9.55 Å². The minimum absolute atomic E-state index is 0.647. The van der Waals surface area contributed by atoms with Crippen LogP contribution >= 0.6 is 0 Å². The quantitative estimate of drug-likeness (QED) is 0.669. The predicted molar refractivity (Wildman–Crippen MR) is 86.8 cm³/mol. The number of unbranched alkanes of at least 4 members (excludes halogenated alkanes) is 7. The van der Waals surface area contributed by atoms with Gasteiger partial charge in [0.25, 0.3) is 0 Å². The van der Waals surface area contributed by atoms with Gasteiger partial charge in [-0.25, -0.2) is 4.98 Å². The van der Waals surface area contributed by atoms with Crippen LogP contribution < -0.4 is 5.73 Å². The predicted octanol–water partition coefficient (Wildman–Crippen LogP) is 4.76. The van der Waals surface area contributed by atoms with E-state index in [1.165, 1.54) is 51.4 Å². The van der Waals surface area contributed by atoms with Gasteiger partial charge in [-0.3, -0.25) is 0 Å². The Morgan fingerprint density at radius 3 is 2.35 bits per heavy atom. The van der Waals surface area contributed by atoms with Gasteiger partial charge < -0.3 is 10.3 Å². The third-order valence-electron chi connectivity index (χ3n) is 3.92. The molecule has 3 nitrogen and oxygen atoms in total. The van der Waals surface area contributed by atoms with Gasteiger partial charge in [0.2, 0.25) is 5.95 Å². The summed E-state index contributed by atoms with van der Waals surface area (Å²) in [5, 5.41) is 0. The molecule has 3 heteroatoms. The molecular formula is C17H27N3. The Bertz CT molecular complexity index is 516. The standard InChI is InChI=1S/C17H27N3/c1-2-3-4-5-6-7-8-11-14-20-16-13-10-9-12-15(16)19-17(20)18/h9-10,12-13H,2-8,11,14H2,1H3,(H2,18,19). The summed E-state index contributed by atoms with van der Waals surface area (Å²) < 4.78 is 2.15. The second-order valence-electron chi connectivity index (χ2n) is 5.59. The SMILES string of the molecule is CCCCCCCCCCn1c(N)nc2ccccc21. The van der Waals surface area contributed by atoms with Crippen LogP contribution in [-0.2, 0) is 6.54 Å². The zero-order valence-corrected chi connectivity index (χ0v) is 12.6. The first-order valence-corrected chi connectivity index (χ1v) is 8.03. The molecule has 0 bridgehead atoms. The van der Waals surface area contributed by atoms with E-state index in [4.69, 9.17) is 5.73 Å². The molecule has 0 amide bonds. The number of anilines is 1. The van der Waals surface area contributed by atoms with Gasteiger partial charge in [-0.2, -0.15) is 0 Å². The van der Waals surface area contributed by atoms with Crippen molar-refractivity contribution in [3.8, 4) is 0 Å². The zero-order valence-electron chi connectivity index (χ0n) is 12.6. The number of aromatic nitrogens is 2. The van der Waals surface area contributed by atoms with Crippen LogP contribution in [0.4, 0.5) is 5.95 Å². The Kier molecular flexibility index (Phi) is 5.90. The lowest BCUT2D eigenvalue weighted by molar-refractivity contribution is 0.550. The van der Waals surface area contributed by atoms with Crippen molar-refractivity contribution in [2.24, 2.45) is 0 Å². The van der Waals surface area contributed by atoms with Crippen LogP contribution in [0.5, 0.6) is 0 Å². The van der Waals surface area contributed by atoms with E-state index in [0.717, 1.165) is 17.6 Å². The molecule has 2 rings (SSSR count). The average molecular weight is 273 g/mol. The molecule has 1 aromatic carbocycles. The van der Waals surface area contributed by atoms with Crippen LogP contribution in [0, 0.1) is 0 Å². The third-order valence-corrected chi connectivity index (χ3v) is 3.92. The van der Waals surface area contributed by atoms with Crippen molar-refractivity contribution in [1.29, 1.82) is 0 Å². The molecule has 0 fully saturated rings. The van der Waals surface area contributed by atoms with Crippen LogP contribution in [0.25, 0.3) is 11.0 Å². The maximum absolute atomic E-state index is 6.00. The number of nitrogens with two attached hydrogens (primary N) is 1. The fourth-order valence-corrected chi connectivity index (χ4v) is 2.73. The second kappa shape index (κ2) is 7.93. The monoisotopic (exact) mass is 273 g/mol. The summed E-state index contributed by atoms with van der Waals surface area (Å²) in [6.07, 6.45) is 10.7. The van der Waals surface area contributed by atoms with E-state index < -0.39 is 0 Å². The van der Waals surface area contributed by atoms with Crippen LogP contribution in [0.15, 0.2) is 24.3 Å². The first kappa shape index (κ1) is 14.9. The van der Waals surface area contributed by atoms with E-state index in [1.54, 1.807) is 0 Å². The van der Waals surface area contributed by atoms with Gasteiger partial charge in [-0.1, -0.05) is 64.0 Å². The Balaban J connectivity index is 1.72. The Hall–Kier alpha value is -1.51. The maximum atomic E-state index is 6.00. The van der Waals surface area contributed by atoms with Crippen molar-refractivity contribution >= 4 is 17.0 Å². The van der Waals surface area contributed by atoms with Crippen molar-refractivity contribution in [3.63, 3.8) is 0 Å². The minimum atomic E-state index is 0.647. The summed E-state index contributed by atoms with van der Waals surface area (Å²) in [6.45, 7) is 3.25. The number of rotatable bonds is 9.